The third-order valence-corrected chi connectivity index (χ3v) is 1.63. The summed E-state index contributed by atoms with van der Waals surface area (Å²) in [5.74, 6) is -0.960. The van der Waals surface area contributed by atoms with Crippen molar-refractivity contribution in [2.75, 3.05) is 0 Å². The first-order valence-corrected chi connectivity index (χ1v) is 3.54. The van der Waals surface area contributed by atoms with Gasteiger partial charge in [-0.25, -0.2) is 0 Å². The normalized spacial score (nSPS) is 17.6. The Morgan fingerprint density at radius 1 is 1.73 bits per heavy atom. The second kappa shape index (κ2) is 3.53. The van der Waals surface area contributed by atoms with Gasteiger partial charge >= 0.3 is 5.97 Å². The van der Waals surface area contributed by atoms with Crippen molar-refractivity contribution in [3.05, 3.63) is 11.6 Å². The van der Waals surface area contributed by atoms with Gasteiger partial charge in [0.15, 0.2) is 0 Å². The lowest BCUT2D eigenvalue weighted by Crippen LogP contribution is -2.44. The van der Waals surface area contributed by atoms with Crippen molar-refractivity contribution in [3.63, 3.8) is 0 Å². The molecule has 0 rings (SSSR count). The van der Waals surface area contributed by atoms with Gasteiger partial charge in [-0.05, 0) is 27.2 Å². The molecule has 0 aromatic rings. The lowest BCUT2D eigenvalue weighted by molar-refractivity contribution is -0.142. The molecule has 0 aliphatic carbocycles. The minimum absolute atomic E-state index is 0.402. The minimum atomic E-state index is -1.13. The van der Waals surface area contributed by atoms with Crippen molar-refractivity contribution in [2.45, 2.75) is 32.7 Å². The Kier molecular flexibility index (Phi) is 3.26. The molecule has 0 saturated carbocycles. The van der Waals surface area contributed by atoms with Crippen LogP contribution in [0, 0.1) is 0 Å². The number of carboxylic acids is 1. The Hall–Kier alpha value is -0.830. The van der Waals surface area contributed by atoms with E-state index >= 15 is 0 Å². The van der Waals surface area contributed by atoms with Crippen LogP contribution in [0.5, 0.6) is 0 Å². The topological polar surface area (TPSA) is 63.3 Å². The molecule has 0 aliphatic heterocycles. The molecule has 3 nitrogen and oxygen atoms in total. The van der Waals surface area contributed by atoms with Crippen LogP contribution in [0.2, 0.25) is 0 Å². The molecule has 0 heterocycles. The molecular weight excluding hydrogens is 142 g/mol. The molecule has 0 spiro atoms. The summed E-state index contributed by atoms with van der Waals surface area (Å²) in [6.07, 6.45) is 2.27. The number of aliphatic carboxylic acids is 1. The Labute approximate surface area is 66.9 Å². The Bertz CT molecular complexity index is 183. The third kappa shape index (κ3) is 3.18. The molecule has 3 N–H and O–H groups in total. The van der Waals surface area contributed by atoms with Gasteiger partial charge < -0.3 is 10.8 Å². The number of hydrogen-bond acceptors (Lipinski definition) is 2. The highest BCUT2D eigenvalue weighted by Crippen LogP contribution is 2.12. The number of carbonyl (C=O) groups is 1. The maximum atomic E-state index is 10.5. The Balaban J connectivity index is 4.24. The second-order valence-electron chi connectivity index (χ2n) is 3.03. The van der Waals surface area contributed by atoms with Gasteiger partial charge in [-0.2, -0.15) is 0 Å². The molecule has 0 aliphatic rings. The maximum Gasteiger partial charge on any atom is 0.323 e. The standard InChI is InChI=1S/C8H15NO2/c1-4-6(2)5-8(3,9)7(10)11/h4H,5,9H2,1-3H3,(H,10,11). The summed E-state index contributed by atoms with van der Waals surface area (Å²) < 4.78 is 0. The van der Waals surface area contributed by atoms with Gasteiger partial charge in [-0.3, -0.25) is 4.79 Å². The van der Waals surface area contributed by atoms with Crippen LogP contribution in [0.3, 0.4) is 0 Å². The van der Waals surface area contributed by atoms with Gasteiger partial charge in [-0.15, -0.1) is 0 Å². The van der Waals surface area contributed by atoms with Gasteiger partial charge in [0, 0.05) is 0 Å². The predicted molar refractivity (Wildman–Crippen MR) is 44.3 cm³/mol. The van der Waals surface area contributed by atoms with Crippen LogP contribution in [0.4, 0.5) is 0 Å². The van der Waals surface area contributed by atoms with E-state index in [1.54, 1.807) is 0 Å². The monoisotopic (exact) mass is 157 g/mol. The lowest BCUT2D eigenvalue weighted by Gasteiger charge is -2.18. The molecule has 0 saturated heterocycles. The average Bonchev–Trinajstić information content (AvgIpc) is 1.86. The van der Waals surface area contributed by atoms with Gasteiger partial charge in [0.05, 0.1) is 0 Å². The van der Waals surface area contributed by atoms with Gasteiger partial charge in [-0.1, -0.05) is 11.6 Å². The number of hydrogen-bond donors (Lipinski definition) is 2. The van der Waals surface area contributed by atoms with Gasteiger partial charge in [0.2, 0.25) is 0 Å². The number of nitrogens with two attached hydrogens (primary N) is 1. The molecule has 0 radical (unpaired) electrons. The van der Waals surface area contributed by atoms with Crippen LogP contribution in [-0.4, -0.2) is 16.6 Å². The van der Waals surface area contributed by atoms with Crippen molar-refractivity contribution >= 4 is 5.97 Å². The Morgan fingerprint density at radius 2 is 2.18 bits per heavy atom. The molecule has 0 amide bonds. The molecule has 1 unspecified atom stereocenters. The van der Waals surface area contributed by atoms with Crippen molar-refractivity contribution < 1.29 is 9.90 Å². The van der Waals surface area contributed by atoms with E-state index in [0.29, 0.717) is 6.42 Å². The summed E-state index contributed by atoms with van der Waals surface area (Å²) in [6, 6.07) is 0. The van der Waals surface area contributed by atoms with Crippen molar-refractivity contribution in [1.29, 1.82) is 0 Å². The van der Waals surface area contributed by atoms with Crippen LogP contribution in [0.25, 0.3) is 0 Å². The highest BCUT2D eigenvalue weighted by atomic mass is 16.4. The van der Waals surface area contributed by atoms with E-state index in [-0.39, 0.29) is 0 Å². The molecule has 11 heavy (non-hydrogen) atoms. The van der Waals surface area contributed by atoms with Crippen LogP contribution in [-0.2, 0) is 4.79 Å². The maximum absolute atomic E-state index is 10.5. The first-order valence-electron chi connectivity index (χ1n) is 3.54. The SMILES string of the molecule is CC=C(C)CC(C)(N)C(=O)O. The first kappa shape index (κ1) is 10.2. The summed E-state index contributed by atoms with van der Waals surface area (Å²) >= 11 is 0. The van der Waals surface area contributed by atoms with E-state index in [0.717, 1.165) is 5.57 Å². The Morgan fingerprint density at radius 3 is 2.45 bits per heavy atom. The number of allylic oxidation sites excluding steroid dienone is 1. The van der Waals surface area contributed by atoms with E-state index < -0.39 is 11.5 Å². The summed E-state index contributed by atoms with van der Waals surface area (Å²) in [6.45, 7) is 5.25. The zero-order valence-electron chi connectivity index (χ0n) is 7.22. The summed E-state index contributed by atoms with van der Waals surface area (Å²) in [4.78, 5) is 10.5. The van der Waals surface area contributed by atoms with E-state index in [1.165, 1.54) is 6.92 Å². The molecule has 1 atom stereocenters. The average molecular weight is 157 g/mol. The minimum Gasteiger partial charge on any atom is -0.480 e. The summed E-state index contributed by atoms with van der Waals surface area (Å²) in [5.41, 5.74) is 5.36. The quantitative estimate of drug-likeness (QED) is 0.604. The molecule has 0 fully saturated rings. The first-order chi connectivity index (χ1) is 4.90. The summed E-state index contributed by atoms with van der Waals surface area (Å²) in [7, 11) is 0. The highest BCUT2D eigenvalue weighted by molar-refractivity contribution is 5.78. The lowest BCUT2D eigenvalue weighted by atomic mass is 9.95. The van der Waals surface area contributed by atoms with E-state index in [9.17, 15) is 4.79 Å². The molecular formula is C8H15NO2. The van der Waals surface area contributed by atoms with Gasteiger partial charge in [0.1, 0.15) is 5.54 Å². The van der Waals surface area contributed by atoms with Crippen LogP contribution < -0.4 is 5.73 Å². The summed E-state index contributed by atoms with van der Waals surface area (Å²) in [5, 5.41) is 8.63. The molecule has 0 bridgehead atoms. The van der Waals surface area contributed by atoms with Crippen LogP contribution >= 0.6 is 0 Å². The second-order valence-corrected chi connectivity index (χ2v) is 3.03. The fraction of sp³-hybridized carbons (Fsp3) is 0.625. The molecule has 3 heteroatoms. The van der Waals surface area contributed by atoms with Crippen LogP contribution in [0.15, 0.2) is 11.6 Å². The predicted octanol–water partition coefficient (Wildman–Crippen LogP) is 1.14. The molecule has 0 aromatic heterocycles. The smallest absolute Gasteiger partial charge is 0.323 e. The van der Waals surface area contributed by atoms with Crippen LogP contribution in [0.1, 0.15) is 27.2 Å². The van der Waals surface area contributed by atoms with Crippen molar-refractivity contribution in [3.8, 4) is 0 Å². The van der Waals surface area contributed by atoms with Crippen molar-refractivity contribution in [2.24, 2.45) is 5.73 Å². The molecule has 64 valence electrons. The van der Waals surface area contributed by atoms with Crippen molar-refractivity contribution in [1.82, 2.24) is 0 Å². The van der Waals surface area contributed by atoms with Gasteiger partial charge in [0.25, 0.3) is 0 Å². The van der Waals surface area contributed by atoms with E-state index in [1.807, 2.05) is 19.9 Å². The fourth-order valence-corrected chi connectivity index (χ4v) is 0.757. The zero-order chi connectivity index (χ0) is 9.07. The number of carboxylic acid groups (broad SMARTS) is 1. The zero-order valence-corrected chi connectivity index (χ0v) is 7.22. The molecule has 0 aromatic carbocycles. The fourth-order valence-electron chi connectivity index (χ4n) is 0.757. The highest BCUT2D eigenvalue weighted by Gasteiger charge is 2.27. The van der Waals surface area contributed by atoms with E-state index in [2.05, 4.69) is 0 Å². The largest absolute Gasteiger partial charge is 0.480 e. The van der Waals surface area contributed by atoms with E-state index in [4.69, 9.17) is 10.8 Å². The third-order valence-electron chi connectivity index (χ3n) is 1.63. The number of rotatable bonds is 3.